The van der Waals surface area contributed by atoms with Crippen molar-refractivity contribution in [1.29, 1.82) is 10.7 Å². The van der Waals surface area contributed by atoms with E-state index in [4.69, 9.17) is 10.7 Å². The number of aromatic amines is 1. The number of nitrogens with zero attached hydrogens (tertiary/aromatic N) is 5. The maximum absolute atomic E-state index is 9.02. The van der Waals surface area contributed by atoms with Crippen LogP contribution < -0.4 is 5.32 Å². The highest BCUT2D eigenvalue weighted by Gasteiger charge is 2.39. The summed E-state index contributed by atoms with van der Waals surface area (Å²) in [5, 5.41) is 23.2. The molecule has 3 N–H and O–H groups in total. The van der Waals surface area contributed by atoms with Crippen LogP contribution in [-0.2, 0) is 5.54 Å². The fourth-order valence-corrected chi connectivity index (χ4v) is 2.74. The highest BCUT2D eigenvalue weighted by atomic mass is 15.4. The van der Waals surface area contributed by atoms with Gasteiger partial charge in [-0.05, 0) is 12.8 Å². The molecule has 0 aromatic carbocycles. The van der Waals surface area contributed by atoms with Gasteiger partial charge in [0.25, 0.3) is 0 Å². The number of hydrogen-bond donors (Lipinski definition) is 3. The van der Waals surface area contributed by atoms with E-state index in [-0.39, 0.29) is 5.54 Å². The molecule has 8 heteroatoms. The number of aromatic nitrogens is 5. The van der Waals surface area contributed by atoms with Crippen molar-refractivity contribution in [1.82, 2.24) is 30.0 Å². The largest absolute Gasteiger partial charge is 0.346 e. The van der Waals surface area contributed by atoms with Crippen LogP contribution in [-0.4, -0.2) is 44.5 Å². The standard InChI is InChI=1S/C14H13N7.C2H6.CH3N/c15-3-2-14(7-16-8-14)21-6-10(5-20-21)12-11-1-4-17-13(11)19-9-18-12;2*1-2/h1,4-6,9,16H,2,7-8H2,(H,17,18,19);1-2H3;2H,1H2. The average Bonchev–Trinajstić information content (AvgIpc) is 3.31. The zero-order chi connectivity index (χ0) is 18.3. The molecule has 0 radical (unpaired) electrons. The van der Waals surface area contributed by atoms with Gasteiger partial charge < -0.3 is 15.7 Å². The van der Waals surface area contributed by atoms with E-state index in [1.54, 1.807) is 12.5 Å². The maximum Gasteiger partial charge on any atom is 0.141 e. The number of nitriles is 1. The van der Waals surface area contributed by atoms with Crippen LogP contribution >= 0.6 is 0 Å². The van der Waals surface area contributed by atoms with Crippen LogP contribution in [0.1, 0.15) is 20.3 Å². The van der Waals surface area contributed by atoms with E-state index in [2.05, 4.69) is 38.2 Å². The lowest BCUT2D eigenvalue weighted by Crippen LogP contribution is -2.60. The smallest absolute Gasteiger partial charge is 0.141 e. The van der Waals surface area contributed by atoms with E-state index in [0.29, 0.717) is 6.42 Å². The fraction of sp³-hybridized carbons (Fsp3) is 0.353. The van der Waals surface area contributed by atoms with Crippen LogP contribution in [0.5, 0.6) is 0 Å². The van der Waals surface area contributed by atoms with Crippen LogP contribution in [0.25, 0.3) is 22.3 Å². The first kappa shape index (κ1) is 18.3. The minimum Gasteiger partial charge on any atom is -0.346 e. The van der Waals surface area contributed by atoms with Crippen LogP contribution in [0.3, 0.4) is 0 Å². The van der Waals surface area contributed by atoms with Gasteiger partial charge in [-0.3, -0.25) is 4.68 Å². The summed E-state index contributed by atoms with van der Waals surface area (Å²) >= 11 is 0. The molecule has 0 spiro atoms. The van der Waals surface area contributed by atoms with E-state index in [1.165, 1.54) is 0 Å². The highest BCUT2D eigenvalue weighted by Crippen LogP contribution is 2.29. The third-order valence-corrected chi connectivity index (χ3v) is 4.01. The molecule has 1 aliphatic rings. The molecule has 1 aliphatic heterocycles. The Kier molecular flexibility index (Phi) is 5.98. The van der Waals surface area contributed by atoms with Crippen molar-refractivity contribution < 1.29 is 0 Å². The summed E-state index contributed by atoms with van der Waals surface area (Å²) in [6.07, 6.45) is 7.60. The third-order valence-electron chi connectivity index (χ3n) is 4.01. The number of nitrogens with one attached hydrogen (secondary N) is 3. The molecule has 1 fully saturated rings. The predicted octanol–water partition coefficient (Wildman–Crippen LogP) is 2.33. The first-order valence-electron chi connectivity index (χ1n) is 8.09. The highest BCUT2D eigenvalue weighted by molar-refractivity contribution is 5.89. The zero-order valence-electron chi connectivity index (χ0n) is 14.5. The molecule has 25 heavy (non-hydrogen) atoms. The summed E-state index contributed by atoms with van der Waals surface area (Å²) in [4.78, 5) is 11.6. The summed E-state index contributed by atoms with van der Waals surface area (Å²) in [5.74, 6) is 0. The van der Waals surface area contributed by atoms with Gasteiger partial charge in [-0.2, -0.15) is 10.4 Å². The van der Waals surface area contributed by atoms with Gasteiger partial charge in [0.15, 0.2) is 0 Å². The first-order chi connectivity index (χ1) is 12.3. The molecule has 3 aromatic heterocycles. The van der Waals surface area contributed by atoms with E-state index < -0.39 is 0 Å². The van der Waals surface area contributed by atoms with Gasteiger partial charge in [-0.25, -0.2) is 9.97 Å². The Bertz CT molecular complexity index is 853. The van der Waals surface area contributed by atoms with E-state index in [9.17, 15) is 0 Å². The molecule has 0 amide bonds. The molecule has 0 aliphatic carbocycles. The minimum absolute atomic E-state index is 0.225. The number of hydrogen-bond acceptors (Lipinski definition) is 6. The summed E-state index contributed by atoms with van der Waals surface area (Å²) in [6.45, 7) is 8.04. The Hall–Kier alpha value is -3.05. The van der Waals surface area contributed by atoms with Gasteiger partial charge in [-0.15, -0.1) is 0 Å². The topological polar surface area (TPSA) is 119 Å². The second-order valence-corrected chi connectivity index (χ2v) is 5.30. The van der Waals surface area contributed by atoms with E-state index in [1.807, 2.05) is 37.0 Å². The molecule has 0 bridgehead atoms. The predicted molar refractivity (Wildman–Crippen MR) is 97.4 cm³/mol. The maximum atomic E-state index is 9.02. The Balaban J connectivity index is 0.000000528. The molecule has 4 heterocycles. The van der Waals surface area contributed by atoms with Gasteiger partial charge in [0, 0.05) is 36.4 Å². The molecule has 8 nitrogen and oxygen atoms in total. The number of rotatable bonds is 3. The van der Waals surface area contributed by atoms with Gasteiger partial charge in [-0.1, -0.05) is 13.8 Å². The molecular weight excluding hydrogens is 316 g/mol. The lowest BCUT2D eigenvalue weighted by molar-refractivity contribution is 0.160. The zero-order valence-corrected chi connectivity index (χ0v) is 14.5. The Morgan fingerprint density at radius 3 is 2.76 bits per heavy atom. The van der Waals surface area contributed by atoms with E-state index >= 15 is 0 Å². The van der Waals surface area contributed by atoms with Crippen molar-refractivity contribution in [3.05, 3.63) is 31.0 Å². The molecular formula is C17H22N8. The SMILES string of the molecule is C=N.CC.N#CCC1(n2cc(-c3ncnc4[nH]ccc34)cn2)CNC1. The van der Waals surface area contributed by atoms with Gasteiger partial charge in [0.2, 0.25) is 0 Å². The molecule has 3 aromatic rings. The van der Waals surface area contributed by atoms with Crippen LogP contribution in [0.4, 0.5) is 0 Å². The van der Waals surface area contributed by atoms with Crippen LogP contribution in [0.15, 0.2) is 31.0 Å². The van der Waals surface area contributed by atoms with Gasteiger partial charge >= 0.3 is 0 Å². The molecule has 0 saturated carbocycles. The lowest BCUT2D eigenvalue weighted by Gasteiger charge is -2.41. The molecule has 4 rings (SSSR count). The summed E-state index contributed by atoms with van der Waals surface area (Å²) in [7, 11) is 0. The summed E-state index contributed by atoms with van der Waals surface area (Å²) in [5.41, 5.74) is 2.38. The molecule has 0 unspecified atom stereocenters. The average molecular weight is 338 g/mol. The quantitative estimate of drug-likeness (QED) is 0.633. The van der Waals surface area contributed by atoms with Crippen molar-refractivity contribution in [3.8, 4) is 17.3 Å². The second-order valence-electron chi connectivity index (χ2n) is 5.30. The van der Waals surface area contributed by atoms with Crippen molar-refractivity contribution >= 4 is 17.8 Å². The first-order valence-corrected chi connectivity index (χ1v) is 8.09. The number of H-pyrrole nitrogens is 1. The second kappa shape index (κ2) is 8.17. The summed E-state index contributed by atoms with van der Waals surface area (Å²) in [6, 6.07) is 4.21. The third kappa shape index (κ3) is 3.27. The van der Waals surface area contributed by atoms with Gasteiger partial charge in [0.1, 0.15) is 17.5 Å². The van der Waals surface area contributed by atoms with Crippen LogP contribution in [0.2, 0.25) is 0 Å². The summed E-state index contributed by atoms with van der Waals surface area (Å²) < 4.78 is 1.89. The van der Waals surface area contributed by atoms with Crippen molar-refractivity contribution in [2.75, 3.05) is 13.1 Å². The lowest BCUT2D eigenvalue weighted by atomic mass is 9.89. The van der Waals surface area contributed by atoms with Crippen LogP contribution in [0, 0.1) is 16.7 Å². The number of fused-ring (bicyclic) bond motifs is 1. The fourth-order valence-electron chi connectivity index (χ4n) is 2.74. The molecule has 130 valence electrons. The van der Waals surface area contributed by atoms with E-state index in [0.717, 1.165) is 35.4 Å². The Morgan fingerprint density at radius 1 is 1.36 bits per heavy atom. The molecule has 1 saturated heterocycles. The van der Waals surface area contributed by atoms with Crippen molar-refractivity contribution in [2.24, 2.45) is 0 Å². The van der Waals surface area contributed by atoms with Gasteiger partial charge in [0.05, 0.1) is 24.4 Å². The van der Waals surface area contributed by atoms with Crippen molar-refractivity contribution in [2.45, 2.75) is 25.8 Å². The normalized spacial score (nSPS) is 14.3. The Morgan fingerprint density at radius 2 is 2.12 bits per heavy atom. The molecule has 0 atom stereocenters. The Labute approximate surface area is 146 Å². The van der Waals surface area contributed by atoms with Crippen molar-refractivity contribution in [3.63, 3.8) is 0 Å². The minimum atomic E-state index is -0.225. The monoisotopic (exact) mass is 338 g/mol.